The molecule has 21 heavy (non-hydrogen) atoms. The summed E-state index contributed by atoms with van der Waals surface area (Å²) in [5.41, 5.74) is 1.22. The molecule has 0 bridgehead atoms. The highest BCUT2D eigenvalue weighted by atomic mass is 19.1. The van der Waals surface area contributed by atoms with Crippen LogP contribution >= 0.6 is 0 Å². The molecule has 0 saturated carbocycles. The van der Waals surface area contributed by atoms with Gasteiger partial charge in [0, 0.05) is 5.39 Å². The zero-order chi connectivity index (χ0) is 14.8. The van der Waals surface area contributed by atoms with E-state index in [0.29, 0.717) is 12.1 Å². The first-order valence-corrected chi connectivity index (χ1v) is 6.93. The van der Waals surface area contributed by atoms with Crippen LogP contribution in [-0.4, -0.2) is 9.97 Å². The van der Waals surface area contributed by atoms with Gasteiger partial charge in [-0.1, -0.05) is 25.1 Å². The average Bonchev–Trinajstić information content (AvgIpc) is 2.93. The van der Waals surface area contributed by atoms with Crippen molar-refractivity contribution in [1.82, 2.24) is 9.97 Å². The van der Waals surface area contributed by atoms with Gasteiger partial charge in [0.1, 0.15) is 17.7 Å². The van der Waals surface area contributed by atoms with Gasteiger partial charge in [0.2, 0.25) is 0 Å². The molecule has 0 aliphatic heterocycles. The molecule has 0 aliphatic carbocycles. The number of hydrogen-bond donors (Lipinski definition) is 1. The highest BCUT2D eigenvalue weighted by molar-refractivity contribution is 5.77. The highest BCUT2D eigenvalue weighted by Crippen LogP contribution is 2.26. The van der Waals surface area contributed by atoms with Crippen LogP contribution in [0.25, 0.3) is 11.0 Å². The van der Waals surface area contributed by atoms with E-state index in [9.17, 15) is 4.39 Å². The Hall–Kier alpha value is -2.43. The Morgan fingerprint density at radius 1 is 1.29 bits per heavy atom. The number of hydrogen-bond acceptors (Lipinski definition) is 4. The smallest absolute Gasteiger partial charge is 0.186 e. The van der Waals surface area contributed by atoms with Crippen molar-refractivity contribution in [2.45, 2.75) is 26.3 Å². The van der Waals surface area contributed by atoms with Crippen LogP contribution in [0.5, 0.6) is 0 Å². The summed E-state index contributed by atoms with van der Waals surface area (Å²) in [4.78, 5) is 7.89. The fourth-order valence-corrected chi connectivity index (χ4v) is 2.25. The predicted molar refractivity (Wildman–Crippen MR) is 79.6 cm³/mol. The van der Waals surface area contributed by atoms with Gasteiger partial charge in [-0.05, 0) is 25.5 Å². The summed E-state index contributed by atoms with van der Waals surface area (Å²) in [5.74, 6) is 0.546. The predicted octanol–water partition coefficient (Wildman–Crippen LogP) is 4.10. The van der Waals surface area contributed by atoms with Crippen molar-refractivity contribution >= 4 is 16.8 Å². The molecule has 1 aromatic carbocycles. The number of fused-ring (bicyclic) bond motifs is 1. The molecule has 1 atom stereocenters. The third kappa shape index (κ3) is 2.59. The number of para-hydroxylation sites is 1. The Kier molecular flexibility index (Phi) is 3.56. The number of nitrogens with zero attached hydrogens (tertiary/aromatic N) is 2. The first-order chi connectivity index (χ1) is 10.2. The number of rotatable bonds is 4. The summed E-state index contributed by atoms with van der Waals surface area (Å²) in [7, 11) is 0. The SMILES string of the molecule is CCc1ncnc(N[C@H](C)c2cc3ccccc3o2)c1F. The molecule has 0 aliphatic rings. The van der Waals surface area contributed by atoms with Crippen LogP contribution in [0.15, 0.2) is 41.1 Å². The van der Waals surface area contributed by atoms with Crippen LogP contribution in [0.4, 0.5) is 10.2 Å². The van der Waals surface area contributed by atoms with Crippen LogP contribution in [0.3, 0.4) is 0 Å². The van der Waals surface area contributed by atoms with E-state index < -0.39 is 5.82 Å². The lowest BCUT2D eigenvalue weighted by Crippen LogP contribution is -2.10. The maximum absolute atomic E-state index is 14.1. The lowest BCUT2D eigenvalue weighted by Gasteiger charge is -2.13. The minimum absolute atomic E-state index is 0.188. The molecule has 0 unspecified atom stereocenters. The van der Waals surface area contributed by atoms with Crippen molar-refractivity contribution in [1.29, 1.82) is 0 Å². The van der Waals surface area contributed by atoms with Crippen molar-refractivity contribution in [2.24, 2.45) is 0 Å². The number of nitrogens with one attached hydrogen (secondary N) is 1. The number of halogens is 1. The summed E-state index contributed by atoms with van der Waals surface area (Å²) in [6.45, 7) is 3.77. The van der Waals surface area contributed by atoms with Crippen molar-refractivity contribution in [3.8, 4) is 0 Å². The van der Waals surface area contributed by atoms with Crippen molar-refractivity contribution in [2.75, 3.05) is 5.32 Å². The Balaban J connectivity index is 1.87. The molecule has 1 N–H and O–H groups in total. The van der Waals surface area contributed by atoms with Gasteiger partial charge in [0.05, 0.1) is 11.7 Å². The Labute approximate surface area is 122 Å². The Bertz CT molecular complexity index is 736. The summed E-state index contributed by atoms with van der Waals surface area (Å²) in [5, 5.41) is 4.07. The second-order valence-corrected chi connectivity index (χ2v) is 4.89. The molecule has 0 fully saturated rings. The number of aryl methyl sites for hydroxylation is 1. The second kappa shape index (κ2) is 5.52. The summed E-state index contributed by atoms with van der Waals surface area (Å²) in [6.07, 6.45) is 1.90. The van der Waals surface area contributed by atoms with Gasteiger partial charge in [0.25, 0.3) is 0 Å². The van der Waals surface area contributed by atoms with Crippen molar-refractivity contribution in [3.05, 3.63) is 53.9 Å². The molecular weight excluding hydrogens is 269 g/mol. The fraction of sp³-hybridized carbons (Fsp3) is 0.250. The molecule has 3 aromatic rings. The van der Waals surface area contributed by atoms with E-state index in [1.165, 1.54) is 6.33 Å². The lowest BCUT2D eigenvalue weighted by atomic mass is 10.2. The summed E-state index contributed by atoms with van der Waals surface area (Å²) >= 11 is 0. The monoisotopic (exact) mass is 285 g/mol. The molecule has 5 heteroatoms. The normalized spacial score (nSPS) is 12.5. The average molecular weight is 285 g/mol. The van der Waals surface area contributed by atoms with Crippen LogP contribution in [0, 0.1) is 5.82 Å². The van der Waals surface area contributed by atoms with Gasteiger partial charge in [-0.25, -0.2) is 14.4 Å². The molecule has 3 rings (SSSR count). The van der Waals surface area contributed by atoms with Gasteiger partial charge < -0.3 is 9.73 Å². The maximum atomic E-state index is 14.1. The van der Waals surface area contributed by atoms with E-state index in [0.717, 1.165) is 16.7 Å². The highest BCUT2D eigenvalue weighted by Gasteiger charge is 2.16. The van der Waals surface area contributed by atoms with Gasteiger partial charge in [0.15, 0.2) is 11.6 Å². The van der Waals surface area contributed by atoms with E-state index in [4.69, 9.17) is 4.42 Å². The van der Waals surface area contributed by atoms with E-state index >= 15 is 0 Å². The molecule has 108 valence electrons. The van der Waals surface area contributed by atoms with E-state index in [2.05, 4.69) is 15.3 Å². The molecular formula is C16H16FN3O. The standard InChI is InChI=1S/C16H16FN3O/c1-3-12-15(17)16(19-9-18-12)20-10(2)14-8-11-6-4-5-7-13(11)21-14/h4-10H,3H2,1-2H3,(H,18,19,20)/t10-/m1/s1. The molecule has 2 heterocycles. The third-order valence-electron chi connectivity index (χ3n) is 3.42. The van der Waals surface area contributed by atoms with Crippen LogP contribution in [0.1, 0.15) is 31.3 Å². The van der Waals surface area contributed by atoms with Crippen LogP contribution < -0.4 is 5.32 Å². The Morgan fingerprint density at radius 3 is 2.86 bits per heavy atom. The Morgan fingerprint density at radius 2 is 2.10 bits per heavy atom. The zero-order valence-corrected chi connectivity index (χ0v) is 11.9. The van der Waals surface area contributed by atoms with Crippen LogP contribution in [0.2, 0.25) is 0 Å². The van der Waals surface area contributed by atoms with Gasteiger partial charge in [-0.2, -0.15) is 0 Å². The van der Waals surface area contributed by atoms with Gasteiger partial charge in [-0.15, -0.1) is 0 Å². The zero-order valence-electron chi connectivity index (χ0n) is 11.9. The topological polar surface area (TPSA) is 51.0 Å². The van der Waals surface area contributed by atoms with Crippen molar-refractivity contribution < 1.29 is 8.81 Å². The molecule has 0 saturated heterocycles. The van der Waals surface area contributed by atoms with E-state index in [-0.39, 0.29) is 11.9 Å². The quantitative estimate of drug-likeness (QED) is 0.784. The summed E-state index contributed by atoms with van der Waals surface area (Å²) in [6, 6.07) is 9.53. The van der Waals surface area contributed by atoms with Crippen LogP contribution in [-0.2, 0) is 6.42 Å². The third-order valence-corrected chi connectivity index (χ3v) is 3.42. The minimum atomic E-state index is -0.400. The number of anilines is 1. The summed E-state index contributed by atoms with van der Waals surface area (Å²) < 4.78 is 19.9. The lowest BCUT2D eigenvalue weighted by molar-refractivity contribution is 0.521. The number of benzene rings is 1. The molecule has 4 nitrogen and oxygen atoms in total. The largest absolute Gasteiger partial charge is 0.459 e. The first-order valence-electron chi connectivity index (χ1n) is 6.93. The molecule has 0 radical (unpaired) electrons. The maximum Gasteiger partial charge on any atom is 0.186 e. The van der Waals surface area contributed by atoms with Gasteiger partial charge >= 0.3 is 0 Å². The fourth-order valence-electron chi connectivity index (χ4n) is 2.25. The van der Waals surface area contributed by atoms with Crippen molar-refractivity contribution in [3.63, 3.8) is 0 Å². The number of aromatic nitrogens is 2. The van der Waals surface area contributed by atoms with E-state index in [1.807, 2.05) is 44.2 Å². The molecule has 2 aromatic heterocycles. The van der Waals surface area contributed by atoms with E-state index in [1.54, 1.807) is 0 Å². The molecule has 0 amide bonds. The molecule has 0 spiro atoms. The number of furan rings is 1. The minimum Gasteiger partial charge on any atom is -0.459 e. The first kappa shape index (κ1) is 13.5. The second-order valence-electron chi connectivity index (χ2n) is 4.89. The van der Waals surface area contributed by atoms with Gasteiger partial charge in [-0.3, -0.25) is 0 Å².